The number of aromatic nitrogens is 3. The van der Waals surface area contributed by atoms with Crippen LogP contribution in [0.3, 0.4) is 0 Å². The number of pyridine rings is 3. The van der Waals surface area contributed by atoms with E-state index in [4.69, 9.17) is 14.2 Å². The summed E-state index contributed by atoms with van der Waals surface area (Å²) in [5.41, 5.74) is 1.99. The number of rotatable bonds is 6. The molecule has 12 heteroatoms. The van der Waals surface area contributed by atoms with Crippen molar-refractivity contribution in [3.8, 4) is 22.9 Å². The van der Waals surface area contributed by atoms with Crippen LogP contribution < -0.4 is 20.1 Å². The summed E-state index contributed by atoms with van der Waals surface area (Å²) in [7, 11) is -3.58. The van der Waals surface area contributed by atoms with E-state index in [0.717, 1.165) is 24.7 Å². The van der Waals surface area contributed by atoms with E-state index in [-0.39, 0.29) is 16.9 Å². The number of ether oxygens (including phenoxy) is 3. The van der Waals surface area contributed by atoms with Gasteiger partial charge < -0.3 is 24.8 Å². The molecule has 0 atom stereocenters. The number of sulfone groups is 1. The Morgan fingerprint density at radius 3 is 2.56 bits per heavy atom. The second kappa shape index (κ2) is 10.4. The lowest BCUT2D eigenvalue weighted by atomic mass is 9.92. The van der Waals surface area contributed by atoms with E-state index >= 15 is 0 Å². The first kappa shape index (κ1) is 26.8. The summed E-state index contributed by atoms with van der Waals surface area (Å²) in [5, 5.41) is 5.92. The lowest BCUT2D eigenvalue weighted by Crippen LogP contribution is -2.39. The Balaban J connectivity index is 1.58. The average Bonchev–Trinajstić information content (AvgIpc) is 2.87. The van der Waals surface area contributed by atoms with Gasteiger partial charge in [0.05, 0.1) is 11.4 Å². The predicted octanol–water partition coefficient (Wildman–Crippen LogP) is 4.09. The molecule has 3 aromatic heterocycles. The van der Waals surface area contributed by atoms with E-state index in [2.05, 4.69) is 25.6 Å². The van der Waals surface area contributed by atoms with E-state index < -0.39 is 15.4 Å². The molecule has 2 aliphatic heterocycles. The molecule has 3 aromatic rings. The molecule has 11 nitrogen and oxygen atoms in total. The zero-order chi connectivity index (χ0) is 27.8. The molecular formula is C27H31N5O6S. The molecule has 2 aliphatic rings. The fourth-order valence-corrected chi connectivity index (χ4v) is 5.11. The van der Waals surface area contributed by atoms with Gasteiger partial charge in [0, 0.05) is 44.2 Å². The SMILES string of the molecule is CC(=O)Nc1cc(Nc2cc(C3CCOCC3)cc(S(C)(=O)=O)n2)c(-c2ccc3c(n2)OC(C)(C)CO3)cn1. The highest BCUT2D eigenvalue weighted by atomic mass is 32.2. The average molecular weight is 554 g/mol. The minimum Gasteiger partial charge on any atom is -0.484 e. The molecule has 0 aliphatic carbocycles. The van der Waals surface area contributed by atoms with Gasteiger partial charge in [-0.1, -0.05) is 0 Å². The van der Waals surface area contributed by atoms with Gasteiger partial charge in [0.2, 0.25) is 5.91 Å². The van der Waals surface area contributed by atoms with Crippen molar-refractivity contribution in [1.82, 2.24) is 15.0 Å². The van der Waals surface area contributed by atoms with Gasteiger partial charge in [0.1, 0.15) is 23.8 Å². The first-order valence-corrected chi connectivity index (χ1v) is 14.5. The lowest BCUT2D eigenvalue weighted by Gasteiger charge is -2.31. The highest BCUT2D eigenvalue weighted by Crippen LogP contribution is 2.38. The maximum atomic E-state index is 12.5. The van der Waals surface area contributed by atoms with Crippen LogP contribution >= 0.6 is 0 Å². The molecule has 1 saturated heterocycles. The molecule has 2 N–H and O–H groups in total. The normalized spacial score (nSPS) is 16.9. The number of nitrogens with zero attached hydrogens (tertiary/aromatic N) is 3. The van der Waals surface area contributed by atoms with Crippen molar-refractivity contribution in [2.45, 2.75) is 50.2 Å². The van der Waals surface area contributed by atoms with E-state index in [1.54, 1.807) is 30.5 Å². The van der Waals surface area contributed by atoms with Crippen LogP contribution in [0, 0.1) is 0 Å². The van der Waals surface area contributed by atoms with Crippen molar-refractivity contribution in [3.63, 3.8) is 0 Å². The first-order chi connectivity index (χ1) is 18.5. The van der Waals surface area contributed by atoms with Crippen molar-refractivity contribution in [2.24, 2.45) is 0 Å². The molecule has 0 spiro atoms. The number of fused-ring (bicyclic) bond motifs is 1. The summed E-state index contributed by atoms with van der Waals surface area (Å²) in [4.78, 5) is 25.2. The standard InChI is InChI=1S/C27H31N5O6S/c1-16(33)29-23-13-21(19(14-28-23)20-5-6-22-26(31-20)38-27(2,3)15-37-22)30-24-11-18(17-7-9-36-10-8-17)12-25(32-24)39(4,34)35/h5-6,11-14,17H,7-10,15H2,1-4H3,(H2,28,29,30,32,33). The van der Waals surface area contributed by atoms with Crippen LogP contribution in [0.15, 0.2) is 41.6 Å². The van der Waals surface area contributed by atoms with E-state index in [9.17, 15) is 13.2 Å². The molecule has 0 radical (unpaired) electrons. The van der Waals surface area contributed by atoms with Gasteiger partial charge in [-0.25, -0.2) is 23.4 Å². The van der Waals surface area contributed by atoms with Crippen molar-refractivity contribution in [3.05, 3.63) is 42.1 Å². The maximum absolute atomic E-state index is 12.5. The minimum atomic E-state index is -3.58. The van der Waals surface area contributed by atoms with Gasteiger partial charge in [-0.15, -0.1) is 0 Å². The third-order valence-electron chi connectivity index (χ3n) is 6.42. The number of nitrogens with one attached hydrogen (secondary N) is 2. The predicted molar refractivity (Wildman–Crippen MR) is 145 cm³/mol. The summed E-state index contributed by atoms with van der Waals surface area (Å²) in [6.07, 6.45) is 4.30. The summed E-state index contributed by atoms with van der Waals surface area (Å²) < 4.78 is 42.3. The number of hydrogen-bond acceptors (Lipinski definition) is 10. The van der Waals surface area contributed by atoms with Crippen LogP contribution in [0.1, 0.15) is 45.1 Å². The Morgan fingerprint density at radius 2 is 1.85 bits per heavy atom. The Bertz CT molecular complexity index is 1520. The maximum Gasteiger partial charge on any atom is 0.258 e. The monoisotopic (exact) mass is 553 g/mol. The van der Waals surface area contributed by atoms with Crippen LogP contribution in [0.2, 0.25) is 0 Å². The Hall–Kier alpha value is -3.77. The van der Waals surface area contributed by atoms with Crippen molar-refractivity contribution in [2.75, 3.05) is 36.7 Å². The Kier molecular flexibility index (Phi) is 7.17. The van der Waals surface area contributed by atoms with Gasteiger partial charge in [0.15, 0.2) is 20.6 Å². The van der Waals surface area contributed by atoms with Gasteiger partial charge in [-0.05, 0) is 62.4 Å². The summed E-state index contributed by atoms with van der Waals surface area (Å²) in [6.45, 7) is 6.86. The Labute approximate surface area is 227 Å². The fourth-order valence-electron chi connectivity index (χ4n) is 4.50. The summed E-state index contributed by atoms with van der Waals surface area (Å²) >= 11 is 0. The molecule has 1 amide bonds. The largest absolute Gasteiger partial charge is 0.484 e. The van der Waals surface area contributed by atoms with E-state index in [1.165, 1.54) is 6.92 Å². The zero-order valence-corrected chi connectivity index (χ0v) is 23.1. The smallest absolute Gasteiger partial charge is 0.258 e. The number of carbonyl (C=O) groups excluding carboxylic acids is 1. The summed E-state index contributed by atoms with van der Waals surface area (Å²) in [6, 6.07) is 8.71. The number of hydrogen-bond donors (Lipinski definition) is 2. The van der Waals surface area contributed by atoms with Crippen LogP contribution in [0.4, 0.5) is 17.3 Å². The number of anilines is 3. The zero-order valence-electron chi connectivity index (χ0n) is 22.3. The van der Waals surface area contributed by atoms with Crippen molar-refractivity contribution in [1.29, 1.82) is 0 Å². The molecule has 5 heterocycles. The third kappa shape index (κ3) is 6.28. The van der Waals surface area contributed by atoms with E-state index in [0.29, 0.717) is 60.0 Å². The Morgan fingerprint density at radius 1 is 1.08 bits per heavy atom. The topological polar surface area (TPSA) is 142 Å². The molecular weight excluding hydrogens is 522 g/mol. The molecule has 0 bridgehead atoms. The quantitative estimate of drug-likeness (QED) is 0.458. The molecule has 206 valence electrons. The summed E-state index contributed by atoms with van der Waals surface area (Å²) in [5.74, 6) is 1.44. The molecule has 0 saturated carbocycles. The molecule has 39 heavy (non-hydrogen) atoms. The van der Waals surface area contributed by atoms with Crippen molar-refractivity contribution < 1.29 is 27.4 Å². The van der Waals surface area contributed by atoms with E-state index in [1.807, 2.05) is 19.9 Å². The van der Waals surface area contributed by atoms with Gasteiger partial charge in [0.25, 0.3) is 5.88 Å². The highest BCUT2D eigenvalue weighted by Gasteiger charge is 2.30. The van der Waals surface area contributed by atoms with Gasteiger partial charge >= 0.3 is 0 Å². The number of carbonyl (C=O) groups is 1. The van der Waals surface area contributed by atoms with Crippen LogP contribution in [-0.2, 0) is 19.4 Å². The van der Waals surface area contributed by atoms with Crippen LogP contribution in [-0.4, -0.2) is 61.0 Å². The molecule has 5 rings (SSSR count). The third-order valence-corrected chi connectivity index (χ3v) is 7.39. The molecule has 1 fully saturated rings. The fraction of sp³-hybridized carbons (Fsp3) is 0.407. The second-order valence-corrected chi connectivity index (χ2v) is 12.3. The highest BCUT2D eigenvalue weighted by molar-refractivity contribution is 7.90. The van der Waals surface area contributed by atoms with Gasteiger partial charge in [-0.2, -0.15) is 0 Å². The van der Waals surface area contributed by atoms with Crippen molar-refractivity contribution >= 4 is 33.1 Å². The van der Waals surface area contributed by atoms with Crippen LogP contribution in [0.25, 0.3) is 11.3 Å². The van der Waals surface area contributed by atoms with Crippen LogP contribution in [0.5, 0.6) is 11.6 Å². The molecule has 0 aromatic carbocycles. The minimum absolute atomic E-state index is 0.0219. The second-order valence-electron chi connectivity index (χ2n) is 10.4. The first-order valence-electron chi connectivity index (χ1n) is 12.6. The van der Waals surface area contributed by atoms with Gasteiger partial charge in [-0.3, -0.25) is 4.79 Å². The lowest BCUT2D eigenvalue weighted by molar-refractivity contribution is -0.114. The number of amides is 1. The molecule has 0 unspecified atom stereocenters.